The van der Waals surface area contributed by atoms with Crippen molar-refractivity contribution in [2.24, 2.45) is 16.7 Å². The summed E-state index contributed by atoms with van der Waals surface area (Å²) < 4.78 is 5.22. The van der Waals surface area contributed by atoms with Crippen LogP contribution in [-0.4, -0.2) is 26.3 Å². The van der Waals surface area contributed by atoms with Gasteiger partial charge in [0.05, 0.1) is 13.2 Å². The zero-order chi connectivity index (χ0) is 10.8. The second kappa shape index (κ2) is 4.19. The molecule has 0 aromatic rings. The Morgan fingerprint density at radius 2 is 1.93 bits per heavy atom. The van der Waals surface area contributed by atoms with Crippen LogP contribution in [0.15, 0.2) is 0 Å². The standard InChI is InChI=1S/C12H25NO/c1-10(11(2,3)4)6-13-7-12(5)8-14-9-12/h10,13H,6-9H2,1-5H3. The summed E-state index contributed by atoms with van der Waals surface area (Å²) in [6.07, 6.45) is 0. The summed E-state index contributed by atoms with van der Waals surface area (Å²) >= 11 is 0. The van der Waals surface area contributed by atoms with Crippen molar-refractivity contribution in [2.75, 3.05) is 26.3 Å². The first kappa shape index (κ1) is 12.0. The fraction of sp³-hybridized carbons (Fsp3) is 1.00. The van der Waals surface area contributed by atoms with Crippen molar-refractivity contribution in [2.45, 2.75) is 34.6 Å². The largest absolute Gasteiger partial charge is 0.380 e. The van der Waals surface area contributed by atoms with Gasteiger partial charge in [0.2, 0.25) is 0 Å². The first-order valence-corrected chi connectivity index (χ1v) is 5.62. The molecule has 2 nitrogen and oxygen atoms in total. The molecule has 0 saturated carbocycles. The monoisotopic (exact) mass is 199 g/mol. The number of hydrogen-bond acceptors (Lipinski definition) is 2. The van der Waals surface area contributed by atoms with Crippen molar-refractivity contribution in [1.82, 2.24) is 5.32 Å². The van der Waals surface area contributed by atoms with E-state index in [1.54, 1.807) is 0 Å². The molecule has 0 radical (unpaired) electrons. The van der Waals surface area contributed by atoms with Crippen LogP contribution in [0.5, 0.6) is 0 Å². The summed E-state index contributed by atoms with van der Waals surface area (Å²) in [5, 5.41) is 3.55. The highest BCUT2D eigenvalue weighted by Gasteiger charge is 2.33. The number of rotatable bonds is 4. The molecule has 1 aliphatic heterocycles. The Morgan fingerprint density at radius 3 is 2.29 bits per heavy atom. The Balaban J connectivity index is 2.15. The average Bonchev–Trinajstić information content (AvgIpc) is 1.99. The zero-order valence-corrected chi connectivity index (χ0v) is 10.3. The first-order chi connectivity index (χ1) is 6.33. The maximum Gasteiger partial charge on any atom is 0.0554 e. The molecule has 0 aliphatic carbocycles. The van der Waals surface area contributed by atoms with Crippen molar-refractivity contribution in [3.8, 4) is 0 Å². The molecule has 1 N–H and O–H groups in total. The Labute approximate surface area is 88.4 Å². The summed E-state index contributed by atoms with van der Waals surface area (Å²) in [7, 11) is 0. The van der Waals surface area contributed by atoms with Crippen LogP contribution >= 0.6 is 0 Å². The van der Waals surface area contributed by atoms with Gasteiger partial charge in [0, 0.05) is 12.0 Å². The van der Waals surface area contributed by atoms with Crippen LogP contribution in [-0.2, 0) is 4.74 Å². The molecule has 14 heavy (non-hydrogen) atoms. The molecule has 1 atom stereocenters. The van der Waals surface area contributed by atoms with Gasteiger partial charge in [0.1, 0.15) is 0 Å². The van der Waals surface area contributed by atoms with E-state index in [4.69, 9.17) is 4.74 Å². The van der Waals surface area contributed by atoms with Crippen molar-refractivity contribution in [1.29, 1.82) is 0 Å². The zero-order valence-electron chi connectivity index (χ0n) is 10.3. The van der Waals surface area contributed by atoms with E-state index >= 15 is 0 Å². The van der Waals surface area contributed by atoms with Crippen molar-refractivity contribution < 1.29 is 4.74 Å². The molecule has 1 rings (SSSR count). The van der Waals surface area contributed by atoms with Crippen molar-refractivity contribution >= 4 is 0 Å². The third kappa shape index (κ3) is 3.25. The number of ether oxygens (including phenoxy) is 1. The summed E-state index contributed by atoms with van der Waals surface area (Å²) in [5.74, 6) is 0.715. The molecule has 0 spiro atoms. The van der Waals surface area contributed by atoms with Gasteiger partial charge in [0.25, 0.3) is 0 Å². The Kier molecular flexibility index (Phi) is 3.59. The van der Waals surface area contributed by atoms with Gasteiger partial charge in [0.15, 0.2) is 0 Å². The Hall–Kier alpha value is -0.0800. The molecule has 1 unspecified atom stereocenters. The molecule has 1 saturated heterocycles. The van der Waals surface area contributed by atoms with E-state index < -0.39 is 0 Å². The molecule has 1 aliphatic rings. The van der Waals surface area contributed by atoms with Crippen LogP contribution in [0.3, 0.4) is 0 Å². The van der Waals surface area contributed by atoms with Gasteiger partial charge in [-0.2, -0.15) is 0 Å². The fourth-order valence-corrected chi connectivity index (χ4v) is 1.45. The lowest BCUT2D eigenvalue weighted by atomic mass is 9.81. The van der Waals surface area contributed by atoms with Crippen LogP contribution < -0.4 is 5.32 Å². The minimum absolute atomic E-state index is 0.400. The molecule has 0 aromatic heterocycles. The highest BCUT2D eigenvalue weighted by atomic mass is 16.5. The van der Waals surface area contributed by atoms with E-state index in [1.807, 2.05) is 0 Å². The minimum atomic E-state index is 0.400. The van der Waals surface area contributed by atoms with Crippen LogP contribution in [0.1, 0.15) is 34.6 Å². The average molecular weight is 199 g/mol. The topological polar surface area (TPSA) is 21.3 Å². The highest BCUT2D eigenvalue weighted by molar-refractivity contribution is 4.83. The van der Waals surface area contributed by atoms with Gasteiger partial charge in [-0.15, -0.1) is 0 Å². The third-order valence-corrected chi connectivity index (χ3v) is 3.38. The Morgan fingerprint density at radius 1 is 1.36 bits per heavy atom. The highest BCUT2D eigenvalue weighted by Crippen LogP contribution is 2.27. The second-order valence-corrected chi connectivity index (χ2v) is 6.20. The van der Waals surface area contributed by atoms with E-state index in [1.165, 1.54) is 0 Å². The molecule has 1 heterocycles. The lowest BCUT2D eigenvalue weighted by Crippen LogP contribution is -2.48. The molecule has 2 heteroatoms. The van der Waals surface area contributed by atoms with Gasteiger partial charge < -0.3 is 10.1 Å². The van der Waals surface area contributed by atoms with Gasteiger partial charge in [-0.05, 0) is 17.9 Å². The fourth-order valence-electron chi connectivity index (χ4n) is 1.45. The predicted octanol–water partition coefficient (Wildman–Crippen LogP) is 2.29. The predicted molar refractivity (Wildman–Crippen MR) is 60.4 cm³/mol. The molecular formula is C12H25NO. The SMILES string of the molecule is CC(CNCC1(C)COC1)C(C)(C)C. The summed E-state index contributed by atoms with van der Waals surface area (Å²) in [5.41, 5.74) is 0.807. The maximum absolute atomic E-state index is 5.22. The third-order valence-electron chi connectivity index (χ3n) is 3.38. The van der Waals surface area contributed by atoms with Gasteiger partial charge in [-0.1, -0.05) is 34.6 Å². The summed E-state index contributed by atoms with van der Waals surface area (Å²) in [6, 6.07) is 0. The van der Waals surface area contributed by atoms with E-state index in [0.29, 0.717) is 16.7 Å². The molecular weight excluding hydrogens is 174 g/mol. The quantitative estimate of drug-likeness (QED) is 0.750. The van der Waals surface area contributed by atoms with Crippen LogP contribution in [0.25, 0.3) is 0 Å². The number of hydrogen-bond donors (Lipinski definition) is 1. The van der Waals surface area contributed by atoms with Crippen LogP contribution in [0.4, 0.5) is 0 Å². The first-order valence-electron chi connectivity index (χ1n) is 5.62. The van der Waals surface area contributed by atoms with Crippen LogP contribution in [0, 0.1) is 16.7 Å². The molecule has 84 valence electrons. The van der Waals surface area contributed by atoms with Gasteiger partial charge >= 0.3 is 0 Å². The summed E-state index contributed by atoms with van der Waals surface area (Å²) in [4.78, 5) is 0. The molecule has 0 bridgehead atoms. The van der Waals surface area contributed by atoms with E-state index in [-0.39, 0.29) is 0 Å². The molecule has 1 fully saturated rings. The van der Waals surface area contributed by atoms with E-state index in [9.17, 15) is 0 Å². The van der Waals surface area contributed by atoms with Crippen LogP contribution in [0.2, 0.25) is 0 Å². The smallest absolute Gasteiger partial charge is 0.0554 e. The minimum Gasteiger partial charge on any atom is -0.380 e. The van der Waals surface area contributed by atoms with Gasteiger partial charge in [-0.3, -0.25) is 0 Å². The number of nitrogens with one attached hydrogen (secondary N) is 1. The van der Waals surface area contributed by atoms with E-state index in [0.717, 1.165) is 26.3 Å². The lowest BCUT2D eigenvalue weighted by Gasteiger charge is -2.39. The van der Waals surface area contributed by atoms with Crippen molar-refractivity contribution in [3.05, 3.63) is 0 Å². The molecule has 0 amide bonds. The second-order valence-electron chi connectivity index (χ2n) is 6.20. The maximum atomic E-state index is 5.22. The molecule has 0 aromatic carbocycles. The Bertz CT molecular complexity index is 179. The van der Waals surface area contributed by atoms with E-state index in [2.05, 4.69) is 39.9 Å². The van der Waals surface area contributed by atoms with Gasteiger partial charge in [-0.25, -0.2) is 0 Å². The summed E-state index contributed by atoms with van der Waals surface area (Å²) in [6.45, 7) is 15.5. The normalized spacial score (nSPS) is 22.9. The van der Waals surface area contributed by atoms with Crippen molar-refractivity contribution in [3.63, 3.8) is 0 Å². The lowest BCUT2D eigenvalue weighted by molar-refractivity contribution is -0.0994.